The summed E-state index contributed by atoms with van der Waals surface area (Å²) in [6.07, 6.45) is 1.51. The maximum atomic E-state index is 13.6. The number of hydrogen-bond acceptors (Lipinski definition) is 4. The van der Waals surface area contributed by atoms with Crippen molar-refractivity contribution in [3.8, 4) is 0 Å². The van der Waals surface area contributed by atoms with Crippen LogP contribution in [-0.2, 0) is 10.2 Å². The second-order valence-electron chi connectivity index (χ2n) is 8.36. The van der Waals surface area contributed by atoms with E-state index in [1.807, 2.05) is 27.7 Å². The van der Waals surface area contributed by atoms with Crippen LogP contribution in [0.4, 0.5) is 4.39 Å². The largest absolute Gasteiger partial charge is 0.440 e. The Morgan fingerprint density at radius 1 is 1.28 bits per heavy atom. The van der Waals surface area contributed by atoms with Crippen molar-refractivity contribution in [1.82, 2.24) is 15.2 Å². The zero-order chi connectivity index (χ0) is 21.5. The van der Waals surface area contributed by atoms with Crippen molar-refractivity contribution >= 4 is 17.4 Å². The van der Waals surface area contributed by atoms with E-state index in [4.69, 9.17) is 4.42 Å². The molecule has 0 aliphatic carbocycles. The Kier molecular flexibility index (Phi) is 5.34. The SMILES string of the molecule is Cc1nc2c(o1)C(C(=O)NC(C)C)=CN(C(=O)c1ccc(F)c(C)c1)CC2(C)C. The molecule has 154 valence electrons. The average Bonchev–Trinajstić information content (AvgIpc) is 2.97. The number of aromatic nitrogens is 1. The van der Waals surface area contributed by atoms with Gasteiger partial charge in [0.15, 0.2) is 11.7 Å². The quantitative estimate of drug-likeness (QED) is 0.853. The summed E-state index contributed by atoms with van der Waals surface area (Å²) in [5, 5.41) is 2.85. The molecule has 0 saturated heterocycles. The maximum Gasteiger partial charge on any atom is 0.257 e. The lowest BCUT2D eigenvalue weighted by Gasteiger charge is -2.28. The Balaban J connectivity index is 2.11. The summed E-state index contributed by atoms with van der Waals surface area (Å²) in [6, 6.07) is 4.15. The van der Waals surface area contributed by atoms with Gasteiger partial charge in [-0.3, -0.25) is 9.59 Å². The molecule has 1 aromatic heterocycles. The fourth-order valence-corrected chi connectivity index (χ4v) is 3.40. The van der Waals surface area contributed by atoms with Crippen LogP contribution in [0.3, 0.4) is 0 Å². The third-order valence-corrected chi connectivity index (χ3v) is 4.80. The van der Waals surface area contributed by atoms with E-state index in [1.54, 1.807) is 13.8 Å². The zero-order valence-electron chi connectivity index (χ0n) is 17.6. The van der Waals surface area contributed by atoms with Gasteiger partial charge in [0.25, 0.3) is 11.8 Å². The number of benzene rings is 1. The first-order valence-electron chi connectivity index (χ1n) is 9.57. The average molecular weight is 399 g/mol. The minimum Gasteiger partial charge on any atom is -0.440 e. The lowest BCUT2D eigenvalue weighted by atomic mass is 9.87. The van der Waals surface area contributed by atoms with Gasteiger partial charge in [0.2, 0.25) is 0 Å². The van der Waals surface area contributed by atoms with Crippen LogP contribution < -0.4 is 5.32 Å². The highest BCUT2D eigenvalue weighted by Crippen LogP contribution is 2.36. The van der Waals surface area contributed by atoms with E-state index in [0.29, 0.717) is 35.0 Å². The summed E-state index contributed by atoms with van der Waals surface area (Å²) in [5.74, 6) is -0.207. The van der Waals surface area contributed by atoms with Gasteiger partial charge >= 0.3 is 0 Å². The number of oxazole rings is 1. The number of halogens is 1. The van der Waals surface area contributed by atoms with Crippen LogP contribution in [0.25, 0.3) is 5.57 Å². The third-order valence-electron chi connectivity index (χ3n) is 4.80. The molecule has 6 nitrogen and oxygen atoms in total. The fraction of sp³-hybridized carbons (Fsp3) is 0.409. The first kappa shape index (κ1) is 20.8. The Morgan fingerprint density at radius 3 is 2.59 bits per heavy atom. The molecule has 1 aliphatic heterocycles. The second kappa shape index (κ2) is 7.46. The summed E-state index contributed by atoms with van der Waals surface area (Å²) in [6.45, 7) is 11.2. The molecular weight excluding hydrogens is 373 g/mol. The number of fused-ring (bicyclic) bond motifs is 1. The van der Waals surface area contributed by atoms with Gasteiger partial charge in [-0.1, -0.05) is 13.8 Å². The van der Waals surface area contributed by atoms with Crippen LogP contribution in [0.15, 0.2) is 28.8 Å². The van der Waals surface area contributed by atoms with Crippen molar-refractivity contribution in [2.45, 2.75) is 53.0 Å². The van der Waals surface area contributed by atoms with Gasteiger partial charge in [-0.2, -0.15) is 0 Å². The standard InChI is InChI=1S/C22H26FN3O3/c1-12(2)24-20(27)16-10-26(21(28)15-7-8-17(23)13(3)9-15)11-22(5,6)19-18(16)29-14(4)25-19/h7-10,12H,11H2,1-6H3,(H,24,27). The Hall–Kier alpha value is -2.96. The van der Waals surface area contributed by atoms with Crippen LogP contribution in [-0.4, -0.2) is 34.3 Å². The molecule has 2 aromatic rings. The Bertz CT molecular complexity index is 1000. The molecule has 0 saturated carbocycles. The number of nitrogens with one attached hydrogen (secondary N) is 1. The van der Waals surface area contributed by atoms with Gasteiger partial charge in [0.1, 0.15) is 11.4 Å². The number of hydrogen-bond donors (Lipinski definition) is 1. The third kappa shape index (κ3) is 4.09. The van der Waals surface area contributed by atoms with Gasteiger partial charge in [-0.05, 0) is 44.5 Å². The van der Waals surface area contributed by atoms with Gasteiger partial charge in [0.05, 0.1) is 5.69 Å². The Labute approximate surface area is 169 Å². The molecule has 29 heavy (non-hydrogen) atoms. The number of carbonyl (C=O) groups is 2. The van der Waals surface area contributed by atoms with Gasteiger partial charge in [-0.25, -0.2) is 9.37 Å². The molecule has 0 spiro atoms. The minimum atomic E-state index is -0.561. The summed E-state index contributed by atoms with van der Waals surface area (Å²) >= 11 is 0. The second-order valence-corrected chi connectivity index (χ2v) is 8.36. The molecule has 0 fully saturated rings. The molecular formula is C22H26FN3O3. The van der Waals surface area contributed by atoms with Crippen molar-refractivity contribution in [1.29, 1.82) is 0 Å². The van der Waals surface area contributed by atoms with Crippen LogP contribution >= 0.6 is 0 Å². The summed E-state index contributed by atoms with van der Waals surface area (Å²) < 4.78 is 19.4. The lowest BCUT2D eigenvalue weighted by Crippen LogP contribution is -2.37. The highest BCUT2D eigenvalue weighted by atomic mass is 19.1. The van der Waals surface area contributed by atoms with E-state index in [0.717, 1.165) is 0 Å². The first-order chi connectivity index (χ1) is 13.5. The normalized spacial score (nSPS) is 15.6. The van der Waals surface area contributed by atoms with Crippen molar-refractivity contribution in [3.05, 3.63) is 58.7 Å². The zero-order valence-corrected chi connectivity index (χ0v) is 17.6. The van der Waals surface area contributed by atoms with E-state index in [2.05, 4.69) is 10.3 Å². The van der Waals surface area contributed by atoms with Crippen molar-refractivity contribution in [3.63, 3.8) is 0 Å². The first-order valence-corrected chi connectivity index (χ1v) is 9.57. The number of amides is 2. The molecule has 0 atom stereocenters. The van der Waals surface area contributed by atoms with E-state index >= 15 is 0 Å². The lowest BCUT2D eigenvalue weighted by molar-refractivity contribution is -0.116. The molecule has 0 unspecified atom stereocenters. The summed E-state index contributed by atoms with van der Waals surface area (Å²) in [7, 11) is 0. The van der Waals surface area contributed by atoms with Crippen molar-refractivity contribution in [2.75, 3.05) is 6.54 Å². The van der Waals surface area contributed by atoms with Crippen LogP contribution in [0.5, 0.6) is 0 Å². The van der Waals surface area contributed by atoms with Crippen LogP contribution in [0.2, 0.25) is 0 Å². The molecule has 0 bridgehead atoms. The van der Waals surface area contributed by atoms with Crippen LogP contribution in [0, 0.1) is 19.7 Å². The highest BCUT2D eigenvalue weighted by Gasteiger charge is 2.38. The monoisotopic (exact) mass is 399 g/mol. The predicted molar refractivity (Wildman–Crippen MR) is 108 cm³/mol. The molecule has 7 heteroatoms. The Morgan fingerprint density at radius 2 is 1.97 bits per heavy atom. The fourth-order valence-electron chi connectivity index (χ4n) is 3.40. The maximum absolute atomic E-state index is 13.6. The van der Waals surface area contributed by atoms with Gasteiger partial charge in [0, 0.05) is 36.7 Å². The van der Waals surface area contributed by atoms with E-state index < -0.39 is 5.41 Å². The predicted octanol–water partition coefficient (Wildman–Crippen LogP) is 3.73. The molecule has 2 heterocycles. The smallest absolute Gasteiger partial charge is 0.257 e. The summed E-state index contributed by atoms with van der Waals surface area (Å²) in [5.41, 5.74) is 1.05. The van der Waals surface area contributed by atoms with Gasteiger partial charge < -0.3 is 14.6 Å². The number of carbonyl (C=O) groups excluding carboxylic acids is 2. The molecule has 1 aromatic carbocycles. The van der Waals surface area contributed by atoms with Gasteiger partial charge in [-0.15, -0.1) is 0 Å². The van der Waals surface area contributed by atoms with E-state index in [-0.39, 0.29) is 29.2 Å². The highest BCUT2D eigenvalue weighted by molar-refractivity contribution is 6.19. The molecule has 3 rings (SSSR count). The van der Waals surface area contributed by atoms with E-state index in [9.17, 15) is 14.0 Å². The number of aryl methyl sites for hydroxylation is 2. The van der Waals surface area contributed by atoms with Crippen molar-refractivity contribution < 1.29 is 18.4 Å². The minimum absolute atomic E-state index is 0.0870. The van der Waals surface area contributed by atoms with E-state index in [1.165, 1.54) is 29.3 Å². The topological polar surface area (TPSA) is 75.4 Å². The number of rotatable bonds is 3. The molecule has 1 N–H and O–H groups in total. The summed E-state index contributed by atoms with van der Waals surface area (Å²) in [4.78, 5) is 32.1. The molecule has 1 aliphatic rings. The number of nitrogens with zero attached hydrogens (tertiary/aromatic N) is 2. The van der Waals surface area contributed by atoms with Crippen LogP contribution in [0.1, 0.15) is 61.0 Å². The molecule has 0 radical (unpaired) electrons. The van der Waals surface area contributed by atoms with Crippen molar-refractivity contribution in [2.24, 2.45) is 0 Å². The molecule has 2 amide bonds.